The van der Waals surface area contributed by atoms with Gasteiger partial charge in [0.25, 0.3) is 5.91 Å². The first-order valence-electron chi connectivity index (χ1n) is 6.25. The highest BCUT2D eigenvalue weighted by Crippen LogP contribution is 2.24. The summed E-state index contributed by atoms with van der Waals surface area (Å²) in [4.78, 5) is 13.4. The van der Waals surface area contributed by atoms with E-state index >= 15 is 0 Å². The van der Waals surface area contributed by atoms with E-state index in [1.807, 2.05) is 0 Å². The van der Waals surface area contributed by atoms with Crippen LogP contribution in [0.2, 0.25) is 0 Å². The highest BCUT2D eigenvalue weighted by molar-refractivity contribution is 5.95. The molecule has 1 N–H and O–H groups in total. The lowest BCUT2D eigenvalue weighted by Crippen LogP contribution is -2.42. The number of halogens is 2. The van der Waals surface area contributed by atoms with Gasteiger partial charge in [0.1, 0.15) is 11.4 Å². The molecule has 0 aliphatic heterocycles. The average Bonchev–Trinajstić information content (AvgIpc) is 2.35. The number of ether oxygens (including phenoxy) is 1. The summed E-state index contributed by atoms with van der Waals surface area (Å²) >= 11 is 0. The zero-order valence-electron chi connectivity index (χ0n) is 12.0. The minimum absolute atomic E-state index is 0.0293. The third-order valence-corrected chi connectivity index (χ3v) is 2.74. The van der Waals surface area contributed by atoms with Crippen molar-refractivity contribution in [3.05, 3.63) is 29.3 Å². The summed E-state index contributed by atoms with van der Waals surface area (Å²) in [5.74, 6) is -3.01. The molecular formula is C14H19F2NO3. The molecule has 112 valence electrons. The van der Waals surface area contributed by atoms with E-state index in [9.17, 15) is 18.7 Å². The van der Waals surface area contributed by atoms with E-state index in [0.717, 1.165) is 12.1 Å². The predicted molar refractivity (Wildman–Crippen MR) is 70.8 cm³/mol. The number of carbonyl (C=O) groups excluding carboxylic acids is 1. The smallest absolute Gasteiger partial charge is 0.260 e. The second kappa shape index (κ2) is 6.17. The molecule has 0 saturated heterocycles. The van der Waals surface area contributed by atoms with Crippen LogP contribution in [0.25, 0.3) is 0 Å². The van der Waals surface area contributed by atoms with Crippen molar-refractivity contribution in [1.29, 1.82) is 0 Å². The van der Waals surface area contributed by atoms with Gasteiger partial charge in [-0.1, -0.05) is 0 Å². The number of rotatable bonds is 5. The van der Waals surface area contributed by atoms with E-state index in [-0.39, 0.29) is 18.8 Å². The highest BCUT2D eigenvalue weighted by Gasteiger charge is 2.28. The van der Waals surface area contributed by atoms with Gasteiger partial charge in [-0.3, -0.25) is 4.79 Å². The minimum atomic E-state index is -1.16. The molecule has 0 aliphatic carbocycles. The Morgan fingerprint density at radius 2 is 2.00 bits per heavy atom. The Hall–Kier alpha value is -1.69. The number of methoxy groups -OCH3 is 1. The van der Waals surface area contributed by atoms with E-state index in [0.29, 0.717) is 0 Å². The van der Waals surface area contributed by atoms with Gasteiger partial charge in [-0.25, -0.2) is 8.78 Å². The van der Waals surface area contributed by atoms with Crippen LogP contribution in [0, 0.1) is 11.6 Å². The third kappa shape index (κ3) is 3.66. The minimum Gasteiger partial charge on any atom is -0.494 e. The zero-order chi connectivity index (χ0) is 15.5. The molecule has 0 saturated carbocycles. The van der Waals surface area contributed by atoms with Gasteiger partial charge in [0.05, 0.1) is 12.7 Å². The van der Waals surface area contributed by atoms with Crippen LogP contribution in [-0.4, -0.2) is 41.7 Å². The van der Waals surface area contributed by atoms with E-state index < -0.39 is 28.7 Å². The number of carbonyl (C=O) groups is 1. The lowest BCUT2D eigenvalue weighted by molar-refractivity contribution is 0.0309. The first-order chi connectivity index (χ1) is 9.21. The van der Waals surface area contributed by atoms with Crippen LogP contribution in [0.3, 0.4) is 0 Å². The Morgan fingerprint density at radius 3 is 2.45 bits per heavy atom. The van der Waals surface area contributed by atoms with Crippen molar-refractivity contribution in [2.45, 2.75) is 26.4 Å². The van der Waals surface area contributed by atoms with Gasteiger partial charge in [-0.15, -0.1) is 0 Å². The fourth-order valence-corrected chi connectivity index (χ4v) is 1.84. The maximum atomic E-state index is 14.0. The number of hydrogen-bond acceptors (Lipinski definition) is 3. The zero-order valence-corrected chi connectivity index (χ0v) is 12.0. The SMILES string of the molecule is CCN(CC(C)(C)O)C(=O)c1c(F)ccc(OC)c1F. The number of nitrogens with zero attached hydrogens (tertiary/aromatic N) is 1. The van der Waals surface area contributed by atoms with Gasteiger partial charge in [0.2, 0.25) is 0 Å². The number of aliphatic hydroxyl groups is 1. The molecule has 1 rings (SSSR count). The van der Waals surface area contributed by atoms with Crippen LogP contribution < -0.4 is 4.74 Å². The Kier molecular flexibility index (Phi) is 5.05. The number of amides is 1. The van der Waals surface area contributed by atoms with Gasteiger partial charge in [-0.2, -0.15) is 0 Å². The molecule has 0 heterocycles. The van der Waals surface area contributed by atoms with Crippen molar-refractivity contribution in [3.8, 4) is 5.75 Å². The van der Waals surface area contributed by atoms with Gasteiger partial charge in [-0.05, 0) is 32.9 Å². The Balaban J connectivity index is 3.19. The number of benzene rings is 1. The Morgan fingerprint density at radius 1 is 1.40 bits per heavy atom. The standard InChI is InChI=1S/C14H19F2NO3/c1-5-17(8-14(2,3)19)13(18)11-9(15)6-7-10(20-4)12(11)16/h6-7,19H,5,8H2,1-4H3. The quantitative estimate of drug-likeness (QED) is 0.903. The fourth-order valence-electron chi connectivity index (χ4n) is 1.84. The fraction of sp³-hybridized carbons (Fsp3) is 0.500. The number of hydrogen-bond donors (Lipinski definition) is 1. The Labute approximate surface area is 117 Å². The average molecular weight is 287 g/mol. The van der Waals surface area contributed by atoms with E-state index in [2.05, 4.69) is 0 Å². The van der Waals surface area contributed by atoms with E-state index in [1.54, 1.807) is 6.92 Å². The maximum absolute atomic E-state index is 14.0. The molecule has 0 aromatic heterocycles. The molecule has 4 nitrogen and oxygen atoms in total. The van der Waals surface area contributed by atoms with Gasteiger partial charge < -0.3 is 14.7 Å². The van der Waals surface area contributed by atoms with Gasteiger partial charge in [0, 0.05) is 13.1 Å². The molecule has 20 heavy (non-hydrogen) atoms. The molecule has 0 unspecified atom stereocenters. The molecule has 1 aromatic rings. The molecule has 1 amide bonds. The van der Waals surface area contributed by atoms with Crippen LogP contribution in [-0.2, 0) is 0 Å². The topological polar surface area (TPSA) is 49.8 Å². The summed E-state index contributed by atoms with van der Waals surface area (Å²) in [6, 6.07) is 2.10. The number of likely N-dealkylation sites (N-methyl/N-ethyl adjacent to an activating group) is 1. The second-order valence-corrected chi connectivity index (χ2v) is 5.07. The first-order valence-corrected chi connectivity index (χ1v) is 6.25. The largest absolute Gasteiger partial charge is 0.494 e. The molecule has 0 fully saturated rings. The van der Waals surface area contributed by atoms with Crippen LogP contribution in [0.1, 0.15) is 31.1 Å². The van der Waals surface area contributed by atoms with Crippen LogP contribution in [0.15, 0.2) is 12.1 Å². The molecule has 0 bridgehead atoms. The summed E-state index contributed by atoms with van der Waals surface area (Å²) in [5, 5.41) is 9.75. The van der Waals surface area contributed by atoms with Crippen LogP contribution in [0.5, 0.6) is 5.75 Å². The first kappa shape index (κ1) is 16.4. The van der Waals surface area contributed by atoms with Crippen LogP contribution in [0.4, 0.5) is 8.78 Å². The van der Waals surface area contributed by atoms with Crippen molar-refractivity contribution in [1.82, 2.24) is 4.90 Å². The molecule has 0 atom stereocenters. The lowest BCUT2D eigenvalue weighted by atomic mass is 10.1. The molecule has 0 aliphatic rings. The Bertz CT molecular complexity index is 498. The van der Waals surface area contributed by atoms with Crippen molar-refractivity contribution in [3.63, 3.8) is 0 Å². The monoisotopic (exact) mass is 287 g/mol. The maximum Gasteiger partial charge on any atom is 0.260 e. The van der Waals surface area contributed by atoms with Crippen molar-refractivity contribution >= 4 is 5.91 Å². The van der Waals surface area contributed by atoms with Gasteiger partial charge >= 0.3 is 0 Å². The summed E-state index contributed by atoms with van der Waals surface area (Å²) in [6.07, 6.45) is 0. The summed E-state index contributed by atoms with van der Waals surface area (Å²) in [5.41, 5.74) is -1.83. The van der Waals surface area contributed by atoms with Crippen molar-refractivity contribution in [2.75, 3.05) is 20.2 Å². The third-order valence-electron chi connectivity index (χ3n) is 2.74. The lowest BCUT2D eigenvalue weighted by Gasteiger charge is -2.28. The van der Waals surface area contributed by atoms with Gasteiger partial charge in [0.15, 0.2) is 11.6 Å². The highest BCUT2D eigenvalue weighted by atomic mass is 19.1. The summed E-state index contributed by atoms with van der Waals surface area (Å²) in [7, 11) is 1.24. The predicted octanol–water partition coefficient (Wildman–Crippen LogP) is 2.21. The molecule has 0 spiro atoms. The van der Waals surface area contributed by atoms with Crippen LogP contribution >= 0.6 is 0 Å². The second-order valence-electron chi connectivity index (χ2n) is 5.07. The molecule has 0 radical (unpaired) electrons. The van der Waals surface area contributed by atoms with E-state index in [1.165, 1.54) is 25.9 Å². The summed E-state index contributed by atoms with van der Waals surface area (Å²) < 4.78 is 32.5. The van der Waals surface area contributed by atoms with Crippen molar-refractivity contribution < 1.29 is 23.4 Å². The summed E-state index contributed by atoms with van der Waals surface area (Å²) in [6.45, 7) is 4.89. The van der Waals surface area contributed by atoms with Crippen molar-refractivity contribution in [2.24, 2.45) is 0 Å². The molecule has 1 aromatic carbocycles. The molecular weight excluding hydrogens is 268 g/mol. The molecule has 6 heteroatoms. The normalized spacial score (nSPS) is 11.3. The van der Waals surface area contributed by atoms with E-state index in [4.69, 9.17) is 4.74 Å².